The summed E-state index contributed by atoms with van der Waals surface area (Å²) in [5.74, 6) is 2.57. The van der Waals surface area contributed by atoms with Gasteiger partial charge in [-0.25, -0.2) is 4.98 Å². The zero-order chi connectivity index (χ0) is 18.6. The van der Waals surface area contributed by atoms with Crippen LogP contribution in [-0.2, 0) is 11.3 Å². The molecule has 27 heavy (non-hydrogen) atoms. The standard InChI is InChI=1S/C20H27N5O2/c1-26-18-5-3-2-4-15(18)13-24-7-9-25(10-8-24)19-12-17(22-20(21)23-19)16-6-11-27-14-16/h2-5,12,16H,6-11,13-14H2,1H3,(H2,21,22,23). The van der Waals surface area contributed by atoms with Crippen LogP contribution in [0.2, 0.25) is 0 Å². The normalized spacial score (nSPS) is 20.8. The number of aromatic nitrogens is 2. The molecule has 1 aromatic heterocycles. The highest BCUT2D eigenvalue weighted by molar-refractivity contribution is 5.45. The van der Waals surface area contributed by atoms with E-state index in [1.54, 1.807) is 7.11 Å². The summed E-state index contributed by atoms with van der Waals surface area (Å²) in [7, 11) is 1.73. The molecule has 0 spiro atoms. The van der Waals surface area contributed by atoms with Crippen molar-refractivity contribution in [1.29, 1.82) is 0 Å². The van der Waals surface area contributed by atoms with E-state index in [1.807, 2.05) is 12.1 Å². The molecule has 0 radical (unpaired) electrons. The molecule has 7 nitrogen and oxygen atoms in total. The molecule has 0 bridgehead atoms. The van der Waals surface area contributed by atoms with E-state index >= 15 is 0 Å². The molecule has 2 saturated heterocycles. The van der Waals surface area contributed by atoms with Gasteiger partial charge in [0.05, 0.1) is 19.4 Å². The fraction of sp³-hybridized carbons (Fsp3) is 0.500. The van der Waals surface area contributed by atoms with Gasteiger partial charge in [-0.15, -0.1) is 0 Å². The van der Waals surface area contributed by atoms with Crippen molar-refractivity contribution < 1.29 is 9.47 Å². The summed E-state index contributed by atoms with van der Waals surface area (Å²) in [6.45, 7) is 6.22. The van der Waals surface area contributed by atoms with E-state index in [9.17, 15) is 0 Å². The molecule has 1 unspecified atom stereocenters. The summed E-state index contributed by atoms with van der Waals surface area (Å²) in [5, 5.41) is 0. The number of rotatable bonds is 5. The Bertz CT molecular complexity index is 771. The van der Waals surface area contributed by atoms with E-state index in [2.05, 4.69) is 38.0 Å². The van der Waals surface area contributed by atoms with Crippen LogP contribution in [0.3, 0.4) is 0 Å². The van der Waals surface area contributed by atoms with Gasteiger partial charge in [0.25, 0.3) is 0 Å². The third-order valence-corrected chi connectivity index (χ3v) is 5.38. The third-order valence-electron chi connectivity index (χ3n) is 5.38. The average Bonchev–Trinajstić information content (AvgIpc) is 3.23. The predicted molar refractivity (Wildman–Crippen MR) is 105 cm³/mol. The van der Waals surface area contributed by atoms with E-state index in [0.29, 0.717) is 11.9 Å². The summed E-state index contributed by atoms with van der Waals surface area (Å²) in [6.07, 6.45) is 1.00. The topological polar surface area (TPSA) is 76.7 Å². The van der Waals surface area contributed by atoms with Gasteiger partial charge in [-0.2, -0.15) is 4.98 Å². The van der Waals surface area contributed by atoms with Crippen molar-refractivity contribution in [3.05, 3.63) is 41.6 Å². The monoisotopic (exact) mass is 369 g/mol. The van der Waals surface area contributed by atoms with Gasteiger partial charge in [0, 0.05) is 56.9 Å². The first kappa shape index (κ1) is 18.0. The van der Waals surface area contributed by atoms with E-state index in [4.69, 9.17) is 15.2 Å². The lowest BCUT2D eigenvalue weighted by molar-refractivity contribution is 0.193. The molecule has 0 saturated carbocycles. The highest BCUT2D eigenvalue weighted by Crippen LogP contribution is 2.27. The summed E-state index contributed by atoms with van der Waals surface area (Å²) in [6, 6.07) is 10.3. The molecule has 2 N–H and O–H groups in total. The fourth-order valence-corrected chi connectivity index (χ4v) is 3.82. The van der Waals surface area contributed by atoms with Crippen molar-refractivity contribution >= 4 is 11.8 Å². The van der Waals surface area contributed by atoms with Gasteiger partial charge in [-0.3, -0.25) is 4.90 Å². The van der Waals surface area contributed by atoms with Gasteiger partial charge in [-0.1, -0.05) is 18.2 Å². The van der Waals surface area contributed by atoms with Crippen LogP contribution in [0.4, 0.5) is 11.8 Å². The molecule has 3 heterocycles. The summed E-state index contributed by atoms with van der Waals surface area (Å²) < 4.78 is 11.0. The number of para-hydroxylation sites is 1. The molecule has 0 aliphatic carbocycles. The van der Waals surface area contributed by atoms with Crippen LogP contribution in [-0.4, -0.2) is 61.4 Å². The summed E-state index contributed by atoms with van der Waals surface area (Å²) in [5.41, 5.74) is 8.21. The Hall–Kier alpha value is -2.38. The van der Waals surface area contributed by atoms with Crippen LogP contribution in [0.15, 0.2) is 30.3 Å². The zero-order valence-electron chi connectivity index (χ0n) is 15.8. The number of hydrogen-bond donors (Lipinski definition) is 1. The van der Waals surface area contributed by atoms with Gasteiger partial charge >= 0.3 is 0 Å². The Morgan fingerprint density at radius 1 is 1.19 bits per heavy atom. The Morgan fingerprint density at radius 3 is 2.74 bits per heavy atom. The second kappa shape index (κ2) is 8.10. The van der Waals surface area contributed by atoms with Crippen molar-refractivity contribution in [2.75, 3.05) is 57.1 Å². The first-order chi connectivity index (χ1) is 13.2. The highest BCUT2D eigenvalue weighted by atomic mass is 16.5. The molecule has 2 fully saturated rings. The van der Waals surface area contributed by atoms with Gasteiger partial charge in [0.15, 0.2) is 0 Å². The first-order valence-corrected chi connectivity index (χ1v) is 9.54. The average molecular weight is 369 g/mol. The number of methoxy groups -OCH3 is 1. The predicted octanol–water partition coefficient (Wildman–Crippen LogP) is 1.89. The Labute approximate surface area is 160 Å². The molecule has 2 aromatic rings. The third kappa shape index (κ3) is 4.14. The minimum Gasteiger partial charge on any atom is -0.496 e. The SMILES string of the molecule is COc1ccccc1CN1CCN(c2cc(C3CCOC3)nc(N)n2)CC1. The van der Waals surface area contributed by atoms with Gasteiger partial charge in [0.2, 0.25) is 5.95 Å². The number of piperazine rings is 1. The molecular weight excluding hydrogens is 342 g/mol. The van der Waals surface area contributed by atoms with Crippen LogP contribution >= 0.6 is 0 Å². The molecule has 1 atom stereocenters. The second-order valence-electron chi connectivity index (χ2n) is 7.14. The lowest BCUT2D eigenvalue weighted by atomic mass is 10.0. The molecule has 1 aromatic carbocycles. The number of nitrogens with zero attached hydrogens (tertiary/aromatic N) is 4. The number of ether oxygens (including phenoxy) is 2. The molecule has 7 heteroatoms. The number of nitrogen functional groups attached to an aromatic ring is 1. The molecule has 4 rings (SSSR count). The highest BCUT2D eigenvalue weighted by Gasteiger charge is 2.23. The van der Waals surface area contributed by atoms with Crippen LogP contribution < -0.4 is 15.4 Å². The Kier molecular flexibility index (Phi) is 5.40. The lowest BCUT2D eigenvalue weighted by Crippen LogP contribution is -2.46. The maximum atomic E-state index is 5.98. The molecule has 2 aliphatic rings. The van der Waals surface area contributed by atoms with Crippen LogP contribution in [0, 0.1) is 0 Å². The second-order valence-corrected chi connectivity index (χ2v) is 7.14. The Morgan fingerprint density at radius 2 is 2.00 bits per heavy atom. The molecule has 2 aliphatic heterocycles. The molecule has 0 amide bonds. The van der Waals surface area contributed by atoms with Crippen molar-refractivity contribution in [3.8, 4) is 5.75 Å². The first-order valence-electron chi connectivity index (χ1n) is 9.54. The van der Waals surface area contributed by atoms with Crippen LogP contribution in [0.5, 0.6) is 5.75 Å². The van der Waals surface area contributed by atoms with Crippen LogP contribution in [0.25, 0.3) is 0 Å². The van der Waals surface area contributed by atoms with Crippen molar-refractivity contribution in [2.45, 2.75) is 18.9 Å². The Balaban J connectivity index is 1.40. The van der Waals surface area contributed by atoms with E-state index in [-0.39, 0.29) is 0 Å². The number of nitrogens with two attached hydrogens (primary N) is 1. The van der Waals surface area contributed by atoms with Crippen molar-refractivity contribution in [2.24, 2.45) is 0 Å². The van der Waals surface area contributed by atoms with E-state index < -0.39 is 0 Å². The minimum absolute atomic E-state index is 0.334. The minimum atomic E-state index is 0.334. The molecular formula is C20H27N5O2. The van der Waals surface area contributed by atoms with Gasteiger partial charge in [0.1, 0.15) is 11.6 Å². The largest absolute Gasteiger partial charge is 0.496 e. The summed E-state index contributed by atoms with van der Waals surface area (Å²) >= 11 is 0. The van der Waals surface area contributed by atoms with Crippen LogP contribution in [0.1, 0.15) is 23.6 Å². The van der Waals surface area contributed by atoms with E-state index in [1.165, 1.54) is 5.56 Å². The van der Waals surface area contributed by atoms with Gasteiger partial charge in [-0.05, 0) is 12.5 Å². The van der Waals surface area contributed by atoms with Crippen molar-refractivity contribution in [3.63, 3.8) is 0 Å². The number of benzene rings is 1. The number of hydrogen-bond acceptors (Lipinski definition) is 7. The maximum absolute atomic E-state index is 5.98. The number of anilines is 2. The maximum Gasteiger partial charge on any atom is 0.222 e. The van der Waals surface area contributed by atoms with Crippen molar-refractivity contribution in [1.82, 2.24) is 14.9 Å². The smallest absolute Gasteiger partial charge is 0.222 e. The van der Waals surface area contributed by atoms with Gasteiger partial charge < -0.3 is 20.1 Å². The molecule has 144 valence electrons. The lowest BCUT2D eigenvalue weighted by Gasteiger charge is -2.35. The summed E-state index contributed by atoms with van der Waals surface area (Å²) in [4.78, 5) is 13.7. The van der Waals surface area contributed by atoms with E-state index in [0.717, 1.165) is 69.6 Å². The zero-order valence-corrected chi connectivity index (χ0v) is 15.8. The quantitative estimate of drug-likeness (QED) is 0.862. The fourth-order valence-electron chi connectivity index (χ4n) is 3.82.